The van der Waals surface area contributed by atoms with E-state index in [4.69, 9.17) is 19.6 Å². The molecule has 0 saturated heterocycles. The molecule has 2 aromatic carbocycles. The Morgan fingerprint density at radius 3 is 2.72 bits per heavy atom. The van der Waals surface area contributed by atoms with Gasteiger partial charge in [0.05, 0.1) is 23.5 Å². The van der Waals surface area contributed by atoms with Crippen LogP contribution >= 0.6 is 0 Å². The fourth-order valence-electron chi connectivity index (χ4n) is 3.55. The van der Waals surface area contributed by atoms with Gasteiger partial charge >= 0.3 is 5.63 Å². The third-order valence-electron chi connectivity index (χ3n) is 4.96. The molecule has 2 N–H and O–H groups in total. The number of hydrogen-bond donors (Lipinski definition) is 1. The van der Waals surface area contributed by atoms with Crippen LogP contribution in [0.1, 0.15) is 36.8 Å². The summed E-state index contributed by atoms with van der Waals surface area (Å²) >= 11 is 0. The third-order valence-corrected chi connectivity index (χ3v) is 4.96. The summed E-state index contributed by atoms with van der Waals surface area (Å²) in [5.41, 5.74) is 7.03. The van der Waals surface area contributed by atoms with Crippen molar-refractivity contribution in [3.63, 3.8) is 0 Å². The molecule has 1 atom stereocenters. The number of hydrogen-bond acceptors (Lipinski definition) is 6. The van der Waals surface area contributed by atoms with Crippen LogP contribution < -0.4 is 20.8 Å². The van der Waals surface area contributed by atoms with E-state index in [2.05, 4.69) is 13.0 Å². The molecule has 1 aliphatic rings. The van der Waals surface area contributed by atoms with Crippen molar-refractivity contribution < 1.29 is 13.9 Å². The van der Waals surface area contributed by atoms with Gasteiger partial charge < -0.3 is 19.6 Å². The molecule has 1 aliphatic heterocycles. The molecular weight excluding hydrogens is 368 g/mol. The highest BCUT2D eigenvalue weighted by Crippen LogP contribution is 2.45. The minimum atomic E-state index is -0.734. The average molecular weight is 388 g/mol. The van der Waals surface area contributed by atoms with Crippen molar-refractivity contribution in [1.29, 1.82) is 5.26 Å². The fourth-order valence-corrected chi connectivity index (χ4v) is 3.55. The minimum Gasteiger partial charge on any atom is -0.493 e. The van der Waals surface area contributed by atoms with E-state index >= 15 is 0 Å². The van der Waals surface area contributed by atoms with Gasteiger partial charge in [0.25, 0.3) is 0 Å². The summed E-state index contributed by atoms with van der Waals surface area (Å²) < 4.78 is 17.2. The zero-order valence-electron chi connectivity index (χ0n) is 16.0. The molecule has 1 aromatic heterocycles. The summed E-state index contributed by atoms with van der Waals surface area (Å²) in [5, 5.41) is 10.4. The number of unbranched alkanes of at least 4 members (excludes halogenated alkanes) is 1. The molecule has 3 aromatic rings. The van der Waals surface area contributed by atoms with E-state index < -0.39 is 11.5 Å². The second-order valence-electron chi connectivity index (χ2n) is 6.79. The smallest absolute Gasteiger partial charge is 0.344 e. The first kappa shape index (κ1) is 18.6. The molecule has 6 nitrogen and oxygen atoms in total. The SMILES string of the molecule is CCCCOc1ccccc1[C@H]1C(C#N)=C(N)Oc2c1c(=O)oc1ccccc21. The molecule has 29 heavy (non-hydrogen) atoms. The van der Waals surface area contributed by atoms with E-state index in [0.717, 1.165) is 12.8 Å². The number of para-hydroxylation sites is 2. The maximum absolute atomic E-state index is 12.9. The summed E-state index contributed by atoms with van der Waals surface area (Å²) in [6.45, 7) is 2.62. The van der Waals surface area contributed by atoms with Crippen molar-refractivity contribution in [2.45, 2.75) is 25.7 Å². The van der Waals surface area contributed by atoms with Gasteiger partial charge in [-0.2, -0.15) is 5.26 Å². The molecule has 0 amide bonds. The van der Waals surface area contributed by atoms with Gasteiger partial charge in [-0.3, -0.25) is 0 Å². The monoisotopic (exact) mass is 388 g/mol. The van der Waals surface area contributed by atoms with Gasteiger partial charge in [-0.05, 0) is 24.6 Å². The summed E-state index contributed by atoms with van der Waals surface area (Å²) in [7, 11) is 0. The van der Waals surface area contributed by atoms with Crippen molar-refractivity contribution in [2.75, 3.05) is 6.61 Å². The topological polar surface area (TPSA) is 98.5 Å². The van der Waals surface area contributed by atoms with E-state index in [9.17, 15) is 10.1 Å². The number of benzene rings is 2. The Labute approximate surface area is 167 Å². The fraction of sp³-hybridized carbons (Fsp3) is 0.217. The van der Waals surface area contributed by atoms with Crippen molar-refractivity contribution in [3.05, 3.63) is 81.5 Å². The maximum Gasteiger partial charge on any atom is 0.344 e. The zero-order valence-corrected chi connectivity index (χ0v) is 16.0. The molecule has 0 bridgehead atoms. The van der Waals surface area contributed by atoms with Crippen molar-refractivity contribution in [3.8, 4) is 17.6 Å². The van der Waals surface area contributed by atoms with Gasteiger partial charge in [0.2, 0.25) is 5.88 Å². The normalized spacial score (nSPS) is 15.5. The van der Waals surface area contributed by atoms with Crippen molar-refractivity contribution in [2.24, 2.45) is 5.73 Å². The maximum atomic E-state index is 12.9. The predicted octanol–water partition coefficient (Wildman–Crippen LogP) is 4.19. The first-order valence-electron chi connectivity index (χ1n) is 9.50. The Bertz CT molecular complexity index is 1200. The van der Waals surface area contributed by atoms with E-state index in [1.807, 2.05) is 30.3 Å². The Kier molecular flexibility index (Phi) is 4.96. The van der Waals surface area contributed by atoms with Crippen molar-refractivity contribution >= 4 is 11.0 Å². The summed E-state index contributed by atoms with van der Waals surface area (Å²) in [5.74, 6) is 0.167. The second-order valence-corrected chi connectivity index (χ2v) is 6.79. The highest BCUT2D eigenvalue weighted by molar-refractivity contribution is 5.86. The van der Waals surface area contributed by atoms with Gasteiger partial charge in [-0.15, -0.1) is 0 Å². The van der Waals surface area contributed by atoms with E-state index in [0.29, 0.717) is 34.6 Å². The summed E-state index contributed by atoms with van der Waals surface area (Å²) in [4.78, 5) is 12.9. The number of nitrogens with two attached hydrogens (primary N) is 1. The van der Waals surface area contributed by atoms with E-state index in [1.54, 1.807) is 18.2 Å². The van der Waals surface area contributed by atoms with Crippen LogP contribution in [0.25, 0.3) is 11.0 Å². The van der Waals surface area contributed by atoms with E-state index in [-0.39, 0.29) is 17.0 Å². The lowest BCUT2D eigenvalue weighted by molar-refractivity contribution is 0.305. The molecule has 0 spiro atoms. The number of fused-ring (bicyclic) bond motifs is 3. The predicted molar refractivity (Wildman–Crippen MR) is 109 cm³/mol. The summed E-state index contributed by atoms with van der Waals surface area (Å²) in [6.07, 6.45) is 1.89. The number of nitrogens with zero attached hydrogens (tertiary/aromatic N) is 1. The summed E-state index contributed by atoms with van der Waals surface area (Å²) in [6, 6.07) is 16.5. The molecule has 0 radical (unpaired) electrons. The van der Waals surface area contributed by atoms with Crippen LogP contribution in [0, 0.1) is 11.3 Å². The third kappa shape index (κ3) is 3.21. The van der Waals surface area contributed by atoms with Crippen LogP contribution in [0.15, 0.2) is 69.2 Å². The van der Waals surface area contributed by atoms with Crippen LogP contribution in [-0.4, -0.2) is 6.61 Å². The first-order valence-corrected chi connectivity index (χ1v) is 9.50. The zero-order chi connectivity index (χ0) is 20.4. The van der Waals surface area contributed by atoms with Gasteiger partial charge in [0.15, 0.2) is 5.75 Å². The van der Waals surface area contributed by atoms with Crippen molar-refractivity contribution in [1.82, 2.24) is 0 Å². The minimum absolute atomic E-state index is 0.0240. The van der Waals surface area contributed by atoms with Gasteiger partial charge in [-0.25, -0.2) is 4.79 Å². The van der Waals surface area contributed by atoms with Crippen LogP contribution in [0.4, 0.5) is 0 Å². The second kappa shape index (κ2) is 7.72. The van der Waals surface area contributed by atoms with Crippen LogP contribution in [0.3, 0.4) is 0 Å². The molecule has 0 fully saturated rings. The molecule has 0 unspecified atom stereocenters. The lowest BCUT2D eigenvalue weighted by atomic mass is 9.83. The average Bonchev–Trinajstić information content (AvgIpc) is 2.73. The first-order chi connectivity index (χ1) is 14.2. The number of nitriles is 1. The molecule has 0 aliphatic carbocycles. The number of ether oxygens (including phenoxy) is 2. The standard InChI is InChI=1S/C23H20N2O4/c1-2-3-12-27-17-10-6-4-8-14(17)19-16(13-24)22(25)29-21-15-9-5-7-11-18(15)28-23(26)20(19)21/h4-11,19H,2-3,12,25H2,1H3/t19-/m0/s1. The molecule has 4 rings (SSSR count). The Morgan fingerprint density at radius 2 is 1.93 bits per heavy atom. The lowest BCUT2D eigenvalue weighted by Crippen LogP contribution is -2.26. The Morgan fingerprint density at radius 1 is 1.17 bits per heavy atom. The quantitative estimate of drug-likeness (QED) is 0.520. The largest absolute Gasteiger partial charge is 0.493 e. The highest BCUT2D eigenvalue weighted by atomic mass is 16.5. The Hall–Kier alpha value is -3.72. The number of rotatable bonds is 5. The van der Waals surface area contributed by atoms with Crippen LogP contribution in [0.2, 0.25) is 0 Å². The molecule has 6 heteroatoms. The number of allylic oxidation sites excluding steroid dienone is 1. The van der Waals surface area contributed by atoms with Crippen LogP contribution in [-0.2, 0) is 0 Å². The Balaban J connectivity index is 1.97. The van der Waals surface area contributed by atoms with E-state index in [1.165, 1.54) is 0 Å². The highest BCUT2D eigenvalue weighted by Gasteiger charge is 2.36. The lowest BCUT2D eigenvalue weighted by Gasteiger charge is -2.27. The van der Waals surface area contributed by atoms with Crippen LogP contribution in [0.5, 0.6) is 11.5 Å². The molecule has 2 heterocycles. The van der Waals surface area contributed by atoms with Gasteiger partial charge in [0.1, 0.15) is 23.0 Å². The van der Waals surface area contributed by atoms with Gasteiger partial charge in [0, 0.05) is 5.56 Å². The molecular formula is C23H20N2O4. The molecule has 0 saturated carbocycles. The molecule has 146 valence electrons. The van der Waals surface area contributed by atoms with Gasteiger partial charge in [-0.1, -0.05) is 43.7 Å².